The first kappa shape index (κ1) is 21.2. The average molecular weight is 327 g/mol. The van der Waals surface area contributed by atoms with Crippen LogP contribution in [-0.2, 0) is 9.47 Å². The number of hydrogen-bond acceptors (Lipinski definition) is 6. The lowest BCUT2D eigenvalue weighted by molar-refractivity contribution is 0.104. The van der Waals surface area contributed by atoms with Crippen molar-refractivity contribution in [1.29, 1.82) is 0 Å². The van der Waals surface area contributed by atoms with Crippen molar-refractivity contribution >= 4 is 11.9 Å². The van der Waals surface area contributed by atoms with Crippen LogP contribution < -0.4 is 16.6 Å². The third-order valence-corrected chi connectivity index (χ3v) is 2.17. The Labute approximate surface area is 140 Å². The predicted molar refractivity (Wildman–Crippen MR) is 95.9 cm³/mol. The number of nitrogens with one attached hydrogen (secondary N) is 2. The SMILES string of the molecule is CC/C(=N\C(=N/C(C)N/C=C\NN)OC(C)(C)C)OC(C)(C)C. The summed E-state index contributed by atoms with van der Waals surface area (Å²) < 4.78 is 11.7. The molecule has 0 saturated heterocycles. The van der Waals surface area contributed by atoms with Crippen LogP contribution >= 0.6 is 0 Å². The molecule has 0 aliphatic rings. The van der Waals surface area contributed by atoms with Gasteiger partial charge in [0.25, 0.3) is 0 Å². The Hall–Kier alpha value is -1.76. The molecule has 0 aromatic heterocycles. The number of hydrazine groups is 1. The summed E-state index contributed by atoms with van der Waals surface area (Å²) in [6.45, 7) is 15.7. The van der Waals surface area contributed by atoms with Crippen molar-refractivity contribution in [3.8, 4) is 0 Å². The Bertz CT molecular complexity index is 431. The van der Waals surface area contributed by atoms with Crippen molar-refractivity contribution in [1.82, 2.24) is 10.7 Å². The van der Waals surface area contributed by atoms with Gasteiger partial charge in [0.15, 0.2) is 5.90 Å². The van der Waals surface area contributed by atoms with Crippen LogP contribution in [0.5, 0.6) is 0 Å². The Morgan fingerprint density at radius 3 is 2.09 bits per heavy atom. The van der Waals surface area contributed by atoms with E-state index in [1.165, 1.54) is 0 Å². The molecule has 134 valence electrons. The van der Waals surface area contributed by atoms with Gasteiger partial charge in [0, 0.05) is 18.8 Å². The largest absolute Gasteiger partial charge is 0.475 e. The number of nitrogens with two attached hydrogens (primary N) is 1. The Balaban J connectivity index is 5.30. The van der Waals surface area contributed by atoms with Crippen LogP contribution in [0.4, 0.5) is 0 Å². The van der Waals surface area contributed by atoms with Crippen molar-refractivity contribution in [2.75, 3.05) is 0 Å². The number of amidine groups is 1. The summed E-state index contributed by atoms with van der Waals surface area (Å²) in [6.07, 6.45) is 3.66. The minimum absolute atomic E-state index is 0.228. The highest BCUT2D eigenvalue weighted by atomic mass is 16.5. The Kier molecular flexibility index (Phi) is 8.68. The van der Waals surface area contributed by atoms with Crippen molar-refractivity contribution in [2.24, 2.45) is 15.8 Å². The van der Waals surface area contributed by atoms with Crippen LogP contribution in [0.1, 0.15) is 61.8 Å². The van der Waals surface area contributed by atoms with Gasteiger partial charge in [-0.2, -0.15) is 4.99 Å². The smallest absolute Gasteiger partial charge is 0.317 e. The highest BCUT2D eigenvalue weighted by Gasteiger charge is 2.18. The van der Waals surface area contributed by atoms with Gasteiger partial charge in [-0.25, -0.2) is 4.99 Å². The summed E-state index contributed by atoms with van der Waals surface area (Å²) in [5.74, 6) is 5.76. The summed E-state index contributed by atoms with van der Waals surface area (Å²) in [6, 6.07) is 0.285. The fourth-order valence-corrected chi connectivity index (χ4v) is 1.42. The minimum atomic E-state index is -0.405. The van der Waals surface area contributed by atoms with Gasteiger partial charge >= 0.3 is 6.02 Å². The van der Waals surface area contributed by atoms with Crippen molar-refractivity contribution < 1.29 is 9.47 Å². The van der Waals surface area contributed by atoms with Gasteiger partial charge in [0.1, 0.15) is 17.4 Å². The van der Waals surface area contributed by atoms with E-state index >= 15 is 0 Å². The molecule has 4 N–H and O–H groups in total. The van der Waals surface area contributed by atoms with E-state index in [-0.39, 0.29) is 17.8 Å². The normalized spacial score (nSPS) is 15.5. The van der Waals surface area contributed by atoms with E-state index in [0.29, 0.717) is 12.3 Å². The van der Waals surface area contributed by atoms with E-state index in [1.54, 1.807) is 12.4 Å². The highest BCUT2D eigenvalue weighted by molar-refractivity contribution is 5.90. The molecule has 0 aliphatic heterocycles. The van der Waals surface area contributed by atoms with Crippen LogP contribution in [0.2, 0.25) is 0 Å². The molecule has 0 rings (SSSR count). The first-order valence-corrected chi connectivity index (χ1v) is 7.87. The van der Waals surface area contributed by atoms with E-state index < -0.39 is 5.60 Å². The van der Waals surface area contributed by atoms with Gasteiger partial charge in [-0.1, -0.05) is 6.92 Å². The molecule has 1 atom stereocenters. The highest BCUT2D eigenvalue weighted by Crippen LogP contribution is 2.13. The zero-order valence-electron chi connectivity index (χ0n) is 15.7. The molecule has 0 heterocycles. The number of hydrogen-bond donors (Lipinski definition) is 3. The molecule has 7 heteroatoms. The van der Waals surface area contributed by atoms with Crippen LogP contribution in [-0.4, -0.2) is 29.3 Å². The van der Waals surface area contributed by atoms with E-state index in [1.807, 2.05) is 55.4 Å². The summed E-state index contributed by atoms with van der Waals surface area (Å²) in [5, 5.41) is 3.04. The topological polar surface area (TPSA) is 93.3 Å². The van der Waals surface area contributed by atoms with E-state index in [2.05, 4.69) is 20.7 Å². The molecule has 23 heavy (non-hydrogen) atoms. The number of nitrogens with zero attached hydrogens (tertiary/aromatic N) is 2. The van der Waals surface area contributed by atoms with Gasteiger partial charge in [-0.3, -0.25) is 5.84 Å². The average Bonchev–Trinajstić information content (AvgIpc) is 2.34. The Morgan fingerprint density at radius 2 is 1.65 bits per heavy atom. The lowest BCUT2D eigenvalue weighted by Gasteiger charge is -2.24. The number of aliphatic imine (C=N–C) groups is 2. The lowest BCUT2D eigenvalue weighted by Crippen LogP contribution is -2.29. The van der Waals surface area contributed by atoms with Crippen LogP contribution in [0.15, 0.2) is 22.4 Å². The molecule has 0 aliphatic carbocycles. The van der Waals surface area contributed by atoms with Gasteiger partial charge in [-0.15, -0.1) is 0 Å². The molecule has 0 amide bonds. The van der Waals surface area contributed by atoms with Gasteiger partial charge < -0.3 is 20.2 Å². The zero-order valence-corrected chi connectivity index (χ0v) is 15.7. The van der Waals surface area contributed by atoms with Gasteiger partial charge in [0.2, 0.25) is 0 Å². The van der Waals surface area contributed by atoms with E-state index in [4.69, 9.17) is 15.3 Å². The van der Waals surface area contributed by atoms with Crippen molar-refractivity contribution in [3.63, 3.8) is 0 Å². The Morgan fingerprint density at radius 1 is 1.09 bits per heavy atom. The van der Waals surface area contributed by atoms with E-state index in [0.717, 1.165) is 0 Å². The fraction of sp³-hybridized carbons (Fsp3) is 0.750. The quantitative estimate of drug-likeness (QED) is 0.312. The third kappa shape index (κ3) is 12.5. The molecular weight excluding hydrogens is 294 g/mol. The molecule has 0 aromatic carbocycles. The predicted octanol–water partition coefficient (Wildman–Crippen LogP) is 2.65. The second-order valence-corrected chi connectivity index (χ2v) is 7.04. The van der Waals surface area contributed by atoms with Crippen LogP contribution in [0.25, 0.3) is 0 Å². The molecule has 7 nitrogen and oxygen atoms in total. The van der Waals surface area contributed by atoms with Crippen LogP contribution in [0, 0.1) is 0 Å². The maximum absolute atomic E-state index is 5.84. The van der Waals surface area contributed by atoms with Gasteiger partial charge in [0.05, 0.1) is 0 Å². The third-order valence-electron chi connectivity index (χ3n) is 2.17. The lowest BCUT2D eigenvalue weighted by atomic mass is 10.2. The second-order valence-electron chi connectivity index (χ2n) is 7.04. The monoisotopic (exact) mass is 327 g/mol. The molecule has 0 spiro atoms. The van der Waals surface area contributed by atoms with E-state index in [9.17, 15) is 0 Å². The summed E-state index contributed by atoms with van der Waals surface area (Å²) in [4.78, 5) is 8.90. The molecule has 1 unspecified atom stereocenters. The fourth-order valence-electron chi connectivity index (χ4n) is 1.42. The summed E-state index contributed by atoms with van der Waals surface area (Å²) in [5.41, 5.74) is 1.69. The van der Waals surface area contributed by atoms with Gasteiger partial charge in [-0.05, 0) is 48.5 Å². The van der Waals surface area contributed by atoms with Crippen LogP contribution in [0.3, 0.4) is 0 Å². The maximum atomic E-state index is 5.84. The standard InChI is InChI=1S/C16H33N5O2/c1-9-13(22-15(3,4)5)21-14(23-16(6,7)8)20-12(2)18-10-11-19-17/h10-12,18-19H,9,17H2,1-8H3/b11-10-,20-14+,21-13+. The molecule has 0 radical (unpaired) electrons. The number of rotatable bonds is 5. The summed E-state index contributed by atoms with van der Waals surface area (Å²) in [7, 11) is 0. The summed E-state index contributed by atoms with van der Waals surface area (Å²) >= 11 is 0. The minimum Gasteiger partial charge on any atom is -0.475 e. The number of ether oxygens (including phenoxy) is 2. The first-order valence-electron chi connectivity index (χ1n) is 7.87. The molecular formula is C16H33N5O2. The van der Waals surface area contributed by atoms with Crippen molar-refractivity contribution in [2.45, 2.75) is 79.2 Å². The maximum Gasteiger partial charge on any atom is 0.317 e. The zero-order chi connectivity index (χ0) is 18.1. The second kappa shape index (κ2) is 9.39. The molecule has 0 fully saturated rings. The molecule has 0 bridgehead atoms. The molecule has 0 aromatic rings. The first-order chi connectivity index (χ1) is 10.5. The van der Waals surface area contributed by atoms with Crippen molar-refractivity contribution in [3.05, 3.63) is 12.4 Å². The molecule has 0 saturated carbocycles.